The summed E-state index contributed by atoms with van der Waals surface area (Å²) >= 11 is 0. The molecule has 0 bridgehead atoms. The van der Waals surface area contributed by atoms with Crippen LogP contribution in [-0.2, 0) is 0 Å². The number of phenols is 2. The van der Waals surface area contributed by atoms with Gasteiger partial charge < -0.3 is 10.2 Å². The van der Waals surface area contributed by atoms with E-state index in [0.29, 0.717) is 46.1 Å². The molecule has 2 heterocycles. The molecule has 0 spiro atoms. The molecule has 0 amide bonds. The Kier molecular flexibility index (Phi) is 8.00. The van der Waals surface area contributed by atoms with E-state index in [0.717, 1.165) is 33.4 Å². The van der Waals surface area contributed by atoms with Crippen LogP contribution in [0.2, 0.25) is 0 Å². The van der Waals surface area contributed by atoms with E-state index in [2.05, 4.69) is 0 Å². The van der Waals surface area contributed by atoms with Crippen LogP contribution in [0.1, 0.15) is 0 Å². The van der Waals surface area contributed by atoms with Gasteiger partial charge in [-0.2, -0.15) is 0 Å². The van der Waals surface area contributed by atoms with Crippen LogP contribution in [0.25, 0.3) is 79.5 Å². The predicted octanol–water partition coefficient (Wildman–Crippen LogP) is 9.14. The largest absolute Gasteiger partial charge is 0.507 e. The first kappa shape index (κ1) is 30.3. The van der Waals surface area contributed by atoms with Crippen molar-refractivity contribution in [3.05, 3.63) is 158 Å². The summed E-state index contributed by atoms with van der Waals surface area (Å²) in [6.45, 7) is 0. The SMILES string of the molecule is Oc1ccccc1-c1nc(-c2ccccc2)nc(-c2ccc(-c3ccc(-c4nc(-c5ccccc5)nc(-c5ccccc5O)n4)cc3)cc2)n1. The molecule has 0 unspecified atom stereocenters. The van der Waals surface area contributed by atoms with Crippen LogP contribution in [0.15, 0.2) is 158 Å². The fourth-order valence-electron chi connectivity index (χ4n) is 5.63. The van der Waals surface area contributed by atoms with E-state index in [-0.39, 0.29) is 11.5 Å². The number of hydrogen-bond acceptors (Lipinski definition) is 8. The van der Waals surface area contributed by atoms with Crippen LogP contribution in [0.3, 0.4) is 0 Å². The van der Waals surface area contributed by atoms with Crippen LogP contribution in [0.4, 0.5) is 0 Å². The van der Waals surface area contributed by atoms with E-state index in [4.69, 9.17) is 29.9 Å². The molecule has 0 saturated heterocycles. The molecule has 0 aliphatic heterocycles. The molecule has 238 valence electrons. The summed E-state index contributed by atoms with van der Waals surface area (Å²) in [6.07, 6.45) is 0. The highest BCUT2D eigenvalue weighted by Gasteiger charge is 2.16. The molecule has 0 atom stereocenters. The molecule has 8 nitrogen and oxygen atoms in total. The van der Waals surface area contributed by atoms with E-state index >= 15 is 0 Å². The molecule has 50 heavy (non-hydrogen) atoms. The van der Waals surface area contributed by atoms with E-state index in [1.807, 2.05) is 121 Å². The number of phenolic OH excluding ortho intramolecular Hbond substituents is 2. The van der Waals surface area contributed by atoms with Crippen molar-refractivity contribution in [1.29, 1.82) is 0 Å². The molecule has 2 aromatic heterocycles. The van der Waals surface area contributed by atoms with Crippen molar-refractivity contribution in [2.45, 2.75) is 0 Å². The standard InChI is InChI=1S/C42H28N6O2/c49-35-17-9-7-15-33(35)41-45-37(29-11-3-1-4-12-29)43-39(47-41)31-23-19-27(20-24-31)28-21-25-32(26-22-28)40-44-38(30-13-5-2-6-14-30)46-42(48-40)34-16-8-10-18-36(34)50/h1-26,49-50H. The van der Waals surface area contributed by atoms with Crippen LogP contribution in [-0.4, -0.2) is 40.1 Å². The van der Waals surface area contributed by atoms with Crippen LogP contribution in [0.5, 0.6) is 11.5 Å². The number of aromatic hydroxyl groups is 2. The molecular formula is C42H28N6O2. The fraction of sp³-hybridized carbons (Fsp3) is 0. The topological polar surface area (TPSA) is 118 Å². The van der Waals surface area contributed by atoms with Gasteiger partial charge in [-0.05, 0) is 35.4 Å². The number of aromatic nitrogens is 6. The minimum atomic E-state index is 0.102. The lowest BCUT2D eigenvalue weighted by Gasteiger charge is -2.10. The van der Waals surface area contributed by atoms with Gasteiger partial charge in [0.2, 0.25) is 0 Å². The van der Waals surface area contributed by atoms with Crippen molar-refractivity contribution in [2.75, 3.05) is 0 Å². The Bertz CT molecular complexity index is 2260. The Morgan fingerprint density at radius 3 is 0.840 bits per heavy atom. The Morgan fingerprint density at radius 1 is 0.240 bits per heavy atom. The summed E-state index contributed by atoms with van der Waals surface area (Å²) in [6, 6.07) is 49.6. The highest BCUT2D eigenvalue weighted by molar-refractivity contribution is 5.74. The van der Waals surface area contributed by atoms with Gasteiger partial charge in [0.25, 0.3) is 0 Å². The maximum atomic E-state index is 10.6. The zero-order chi connectivity index (χ0) is 33.9. The van der Waals surface area contributed by atoms with Gasteiger partial charge in [0.1, 0.15) is 11.5 Å². The quantitative estimate of drug-likeness (QED) is 0.176. The lowest BCUT2D eigenvalue weighted by molar-refractivity contribution is 0.476. The van der Waals surface area contributed by atoms with E-state index in [1.54, 1.807) is 36.4 Å². The van der Waals surface area contributed by atoms with E-state index < -0.39 is 0 Å². The third-order valence-electron chi connectivity index (χ3n) is 8.24. The summed E-state index contributed by atoms with van der Waals surface area (Å²) in [7, 11) is 0. The lowest BCUT2D eigenvalue weighted by Crippen LogP contribution is -2.00. The minimum Gasteiger partial charge on any atom is -0.507 e. The zero-order valence-corrected chi connectivity index (χ0v) is 26.6. The van der Waals surface area contributed by atoms with Crippen molar-refractivity contribution >= 4 is 0 Å². The molecular weight excluding hydrogens is 621 g/mol. The monoisotopic (exact) mass is 648 g/mol. The second kappa shape index (κ2) is 13.2. The molecule has 8 aromatic rings. The first-order chi connectivity index (χ1) is 24.6. The van der Waals surface area contributed by atoms with Crippen molar-refractivity contribution in [3.63, 3.8) is 0 Å². The molecule has 0 aliphatic rings. The molecule has 8 rings (SSSR count). The summed E-state index contributed by atoms with van der Waals surface area (Å²) in [5.41, 5.74) is 6.42. The van der Waals surface area contributed by atoms with Crippen molar-refractivity contribution in [1.82, 2.24) is 29.9 Å². The van der Waals surface area contributed by atoms with Crippen LogP contribution in [0, 0.1) is 0 Å². The lowest BCUT2D eigenvalue weighted by atomic mass is 10.0. The molecule has 0 fully saturated rings. The summed E-state index contributed by atoms with van der Waals surface area (Å²) in [5.74, 6) is 3.04. The van der Waals surface area contributed by atoms with E-state index in [1.165, 1.54) is 0 Å². The molecule has 8 heteroatoms. The highest BCUT2D eigenvalue weighted by Crippen LogP contribution is 2.32. The second-order valence-corrected chi connectivity index (χ2v) is 11.5. The third kappa shape index (κ3) is 6.16. The van der Waals surface area contributed by atoms with Gasteiger partial charge in [-0.15, -0.1) is 0 Å². The molecule has 0 saturated carbocycles. The third-order valence-corrected chi connectivity index (χ3v) is 8.24. The first-order valence-corrected chi connectivity index (χ1v) is 16.0. The zero-order valence-electron chi connectivity index (χ0n) is 26.6. The average molecular weight is 649 g/mol. The van der Waals surface area contributed by atoms with Gasteiger partial charge in [-0.1, -0.05) is 133 Å². The number of hydrogen-bond donors (Lipinski definition) is 2. The fourth-order valence-corrected chi connectivity index (χ4v) is 5.63. The Labute approximate surface area is 288 Å². The number of benzene rings is 6. The summed E-state index contributed by atoms with van der Waals surface area (Å²) in [5, 5.41) is 21.1. The molecule has 6 aromatic carbocycles. The first-order valence-electron chi connectivity index (χ1n) is 16.0. The summed E-state index contributed by atoms with van der Waals surface area (Å²) in [4.78, 5) is 28.5. The van der Waals surface area contributed by atoms with Gasteiger partial charge in [0.15, 0.2) is 34.9 Å². The van der Waals surface area contributed by atoms with E-state index in [9.17, 15) is 10.2 Å². The maximum Gasteiger partial charge on any atom is 0.167 e. The van der Waals surface area contributed by atoms with Gasteiger partial charge in [-0.25, -0.2) is 29.9 Å². The van der Waals surface area contributed by atoms with Crippen molar-refractivity contribution in [2.24, 2.45) is 0 Å². The van der Waals surface area contributed by atoms with Gasteiger partial charge in [0.05, 0.1) is 11.1 Å². The normalized spacial score (nSPS) is 11.0. The second-order valence-electron chi connectivity index (χ2n) is 11.5. The Balaban J connectivity index is 1.12. The van der Waals surface area contributed by atoms with Crippen LogP contribution < -0.4 is 0 Å². The number of para-hydroxylation sites is 2. The van der Waals surface area contributed by atoms with Crippen LogP contribution >= 0.6 is 0 Å². The Morgan fingerprint density at radius 2 is 0.500 bits per heavy atom. The maximum absolute atomic E-state index is 10.6. The number of nitrogens with zero attached hydrogens (tertiary/aromatic N) is 6. The van der Waals surface area contributed by atoms with Gasteiger partial charge >= 0.3 is 0 Å². The highest BCUT2D eigenvalue weighted by atomic mass is 16.3. The summed E-state index contributed by atoms with van der Waals surface area (Å²) < 4.78 is 0. The molecule has 0 radical (unpaired) electrons. The smallest absolute Gasteiger partial charge is 0.167 e. The molecule has 0 aliphatic carbocycles. The van der Waals surface area contributed by atoms with Gasteiger partial charge in [-0.3, -0.25) is 0 Å². The van der Waals surface area contributed by atoms with Crippen molar-refractivity contribution < 1.29 is 10.2 Å². The average Bonchev–Trinajstić information content (AvgIpc) is 3.19. The molecule has 2 N–H and O–H groups in total. The van der Waals surface area contributed by atoms with Gasteiger partial charge in [0, 0.05) is 22.3 Å². The minimum absolute atomic E-state index is 0.102. The number of rotatable bonds is 7. The Hall–Kier alpha value is -7.06. The predicted molar refractivity (Wildman–Crippen MR) is 195 cm³/mol. The van der Waals surface area contributed by atoms with Crippen molar-refractivity contribution in [3.8, 4) is 91.0 Å².